The lowest BCUT2D eigenvalue weighted by atomic mass is 9.51. The van der Waals surface area contributed by atoms with Gasteiger partial charge in [-0.15, -0.1) is 11.3 Å². The summed E-state index contributed by atoms with van der Waals surface area (Å²) in [5.41, 5.74) is 2.99. The lowest BCUT2D eigenvalue weighted by Gasteiger charge is -2.49. The first kappa shape index (κ1) is 37.7. The van der Waals surface area contributed by atoms with Crippen LogP contribution in [0.3, 0.4) is 0 Å². The Morgan fingerprint density at radius 3 is 2.39 bits per heavy atom. The highest BCUT2D eigenvalue weighted by molar-refractivity contribution is 7.22. The molecule has 2 aliphatic carbocycles. The standard InChI is InChI=1S/C45H42ClN5O7S/c1-23-31-19-24(46)5-14-36(31)59-40(23)34-22-37(48(3)47-34)51-42(54)33-21-32-28(39(45(33,2)44(51)56)29-11-10-27(57-4)20-35(29)52)12-13-30-38(32)43(55)50(41(30)53)26-8-6-25(7-9-26)49-15-17-58-18-16-49/h5-12,14,19-20,22,30,32-33,38-39,52H,13,15-18,21H2,1-4H3. The first-order valence-electron chi connectivity index (χ1n) is 19.9. The van der Waals surface area contributed by atoms with Crippen molar-refractivity contribution in [1.29, 1.82) is 0 Å². The van der Waals surface area contributed by atoms with Crippen molar-refractivity contribution >= 4 is 73.8 Å². The van der Waals surface area contributed by atoms with Crippen LogP contribution < -0.4 is 19.4 Å². The molecule has 6 unspecified atom stereocenters. The zero-order chi connectivity index (χ0) is 41.1. The molecule has 10 rings (SSSR count). The predicted molar refractivity (Wildman–Crippen MR) is 225 cm³/mol. The number of phenols is 1. The van der Waals surface area contributed by atoms with Gasteiger partial charge in [0.05, 0.1) is 54.1 Å². The van der Waals surface area contributed by atoms with E-state index < -0.39 is 46.8 Å². The Balaban J connectivity index is 1.04. The summed E-state index contributed by atoms with van der Waals surface area (Å²) in [5.74, 6) is -4.33. The van der Waals surface area contributed by atoms with Crippen molar-refractivity contribution in [1.82, 2.24) is 9.78 Å². The number of imide groups is 2. The molecule has 5 aromatic rings. The van der Waals surface area contributed by atoms with Crippen molar-refractivity contribution in [2.45, 2.75) is 32.6 Å². The van der Waals surface area contributed by atoms with Gasteiger partial charge in [0.15, 0.2) is 0 Å². The third-order valence-electron chi connectivity index (χ3n) is 13.5. The van der Waals surface area contributed by atoms with E-state index in [1.165, 1.54) is 23.0 Å². The van der Waals surface area contributed by atoms with E-state index in [0.717, 1.165) is 44.9 Å². The molecule has 0 radical (unpaired) electrons. The Labute approximate surface area is 349 Å². The van der Waals surface area contributed by atoms with E-state index in [-0.39, 0.29) is 30.4 Å². The predicted octanol–water partition coefficient (Wildman–Crippen LogP) is 7.25. The van der Waals surface area contributed by atoms with Crippen LogP contribution in [0.15, 0.2) is 78.4 Å². The largest absolute Gasteiger partial charge is 0.508 e. The molecule has 6 atom stereocenters. The Morgan fingerprint density at radius 2 is 1.66 bits per heavy atom. The number of aromatic nitrogens is 2. The van der Waals surface area contributed by atoms with Gasteiger partial charge >= 0.3 is 0 Å². The van der Waals surface area contributed by atoms with Crippen LogP contribution in [0.25, 0.3) is 20.7 Å². The number of thiophene rings is 1. The second kappa shape index (κ2) is 13.8. The van der Waals surface area contributed by atoms with E-state index in [2.05, 4.69) is 4.90 Å². The molecule has 4 amide bonds. The minimum Gasteiger partial charge on any atom is -0.508 e. The number of anilines is 3. The van der Waals surface area contributed by atoms with Crippen molar-refractivity contribution in [2.75, 3.05) is 48.1 Å². The van der Waals surface area contributed by atoms with Crippen LogP contribution >= 0.6 is 22.9 Å². The molecule has 3 aliphatic heterocycles. The van der Waals surface area contributed by atoms with E-state index in [0.29, 0.717) is 46.7 Å². The van der Waals surface area contributed by atoms with E-state index in [9.17, 15) is 19.5 Å². The summed E-state index contributed by atoms with van der Waals surface area (Å²) in [6.07, 6.45) is 2.45. The molecule has 0 bridgehead atoms. The molecular weight excluding hydrogens is 790 g/mol. The number of aromatic hydroxyl groups is 1. The molecule has 302 valence electrons. The summed E-state index contributed by atoms with van der Waals surface area (Å²) < 4.78 is 13.5. The van der Waals surface area contributed by atoms with Crippen LogP contribution in [-0.2, 0) is 31.0 Å². The number of amides is 4. The molecule has 2 aromatic heterocycles. The van der Waals surface area contributed by atoms with E-state index in [1.807, 2.05) is 55.5 Å². The molecular formula is C45H42ClN5O7S. The number of phenolic OH excluding ortho intramolecular Hbond substituents is 1. The number of aryl methyl sites for hydroxylation is 2. The molecule has 3 saturated heterocycles. The van der Waals surface area contributed by atoms with Gasteiger partial charge in [0.1, 0.15) is 23.0 Å². The monoisotopic (exact) mass is 831 g/mol. The smallest absolute Gasteiger partial charge is 0.242 e. The summed E-state index contributed by atoms with van der Waals surface area (Å²) >= 11 is 7.90. The van der Waals surface area contributed by atoms with Gasteiger partial charge in [0.2, 0.25) is 23.6 Å². The van der Waals surface area contributed by atoms with Crippen LogP contribution in [0.2, 0.25) is 5.02 Å². The topological polar surface area (TPSA) is 135 Å². The molecule has 14 heteroatoms. The second-order valence-electron chi connectivity index (χ2n) is 16.4. The minimum atomic E-state index is -1.35. The fraction of sp³-hybridized carbons (Fsp3) is 0.356. The van der Waals surface area contributed by atoms with Crippen LogP contribution in [0, 0.1) is 36.0 Å². The number of methoxy groups -OCH3 is 1. The molecule has 3 aromatic carbocycles. The summed E-state index contributed by atoms with van der Waals surface area (Å²) in [5, 5.41) is 18.1. The van der Waals surface area contributed by atoms with Gasteiger partial charge in [-0.05, 0) is 92.1 Å². The van der Waals surface area contributed by atoms with E-state index in [1.54, 1.807) is 48.2 Å². The third kappa shape index (κ3) is 5.54. The maximum atomic E-state index is 15.2. The Hall–Kier alpha value is -5.50. The number of rotatable bonds is 6. The third-order valence-corrected chi connectivity index (χ3v) is 15.1. The number of allylic oxidation sites excluding steroid dienone is 2. The molecule has 1 N–H and O–H groups in total. The Kier molecular flexibility index (Phi) is 8.82. The molecule has 1 saturated carbocycles. The Bertz CT molecular complexity index is 2650. The van der Waals surface area contributed by atoms with Gasteiger partial charge in [-0.3, -0.25) is 28.8 Å². The van der Waals surface area contributed by atoms with E-state index >= 15 is 4.79 Å². The number of benzene rings is 3. The van der Waals surface area contributed by atoms with Gasteiger partial charge in [-0.1, -0.05) is 29.3 Å². The fourth-order valence-electron chi connectivity index (χ4n) is 10.6. The molecule has 0 spiro atoms. The average Bonchev–Trinajstić information content (AvgIpc) is 3.91. The first-order valence-corrected chi connectivity index (χ1v) is 21.1. The number of carbonyl (C=O) groups is 4. The maximum absolute atomic E-state index is 15.2. The minimum absolute atomic E-state index is 0.0873. The average molecular weight is 832 g/mol. The van der Waals surface area contributed by atoms with Crippen LogP contribution in [0.5, 0.6) is 11.5 Å². The lowest BCUT2D eigenvalue weighted by molar-refractivity contribution is -0.131. The molecule has 4 fully saturated rings. The number of halogens is 1. The number of morpholine rings is 1. The van der Waals surface area contributed by atoms with Gasteiger partial charge in [0.25, 0.3) is 0 Å². The summed E-state index contributed by atoms with van der Waals surface area (Å²) in [6, 6.07) is 20.0. The van der Waals surface area contributed by atoms with Crippen LogP contribution in [0.4, 0.5) is 17.2 Å². The summed E-state index contributed by atoms with van der Waals surface area (Å²) in [6.45, 7) is 6.60. The summed E-state index contributed by atoms with van der Waals surface area (Å²) in [4.78, 5) is 64.8. The molecule has 12 nitrogen and oxygen atoms in total. The fourth-order valence-corrected chi connectivity index (χ4v) is 11.9. The SMILES string of the molecule is COc1ccc(C2C3=CCC4C(=O)N(c5ccc(N6CCOCC6)cc5)C(=O)C4C3CC3C(=O)N(c4cc(-c5sc6ccc(Cl)cc6c5C)nn4C)C(=O)C32C)c(O)c1. The van der Waals surface area contributed by atoms with Crippen LogP contribution in [-0.4, -0.2) is 71.9 Å². The highest BCUT2D eigenvalue weighted by Gasteiger charge is 2.68. The van der Waals surface area contributed by atoms with Gasteiger partial charge < -0.3 is 19.5 Å². The number of ether oxygens (including phenoxy) is 2. The zero-order valence-electron chi connectivity index (χ0n) is 33.0. The number of fused-ring (bicyclic) bond motifs is 5. The van der Waals surface area contributed by atoms with Gasteiger partial charge in [-0.25, -0.2) is 4.90 Å². The normalized spacial score (nSPS) is 26.7. The highest BCUT2D eigenvalue weighted by atomic mass is 35.5. The molecule has 5 aliphatic rings. The van der Waals surface area contributed by atoms with E-state index in [4.69, 9.17) is 26.2 Å². The maximum Gasteiger partial charge on any atom is 0.242 e. The summed E-state index contributed by atoms with van der Waals surface area (Å²) in [7, 11) is 3.22. The number of carbonyl (C=O) groups excluding carboxylic acids is 4. The van der Waals surface area contributed by atoms with Crippen molar-refractivity contribution in [3.05, 3.63) is 94.5 Å². The van der Waals surface area contributed by atoms with Crippen molar-refractivity contribution in [2.24, 2.45) is 36.1 Å². The zero-order valence-corrected chi connectivity index (χ0v) is 34.5. The highest BCUT2D eigenvalue weighted by Crippen LogP contribution is 2.64. The number of nitrogens with zero attached hydrogens (tertiary/aromatic N) is 5. The van der Waals surface area contributed by atoms with Gasteiger partial charge in [-0.2, -0.15) is 5.10 Å². The van der Waals surface area contributed by atoms with Crippen molar-refractivity contribution < 1.29 is 33.8 Å². The lowest BCUT2D eigenvalue weighted by Crippen LogP contribution is -2.49. The van der Waals surface area contributed by atoms with Crippen molar-refractivity contribution in [3.63, 3.8) is 0 Å². The molecule has 59 heavy (non-hydrogen) atoms. The molecule has 5 heterocycles. The van der Waals surface area contributed by atoms with Crippen LogP contribution in [0.1, 0.15) is 36.8 Å². The van der Waals surface area contributed by atoms with Crippen molar-refractivity contribution in [3.8, 4) is 22.1 Å². The number of hydrogen-bond acceptors (Lipinski definition) is 10. The first-order chi connectivity index (χ1) is 28.4. The second-order valence-corrected chi connectivity index (χ2v) is 17.9. The quantitative estimate of drug-likeness (QED) is 0.139. The van der Waals surface area contributed by atoms with Gasteiger partial charge in [0, 0.05) is 59.2 Å². The number of hydrogen-bond donors (Lipinski definition) is 1. The Morgan fingerprint density at radius 1 is 0.915 bits per heavy atom.